The predicted molar refractivity (Wildman–Crippen MR) is 84.2 cm³/mol. The molecular weight excluding hydrogens is 250 g/mol. The van der Waals surface area contributed by atoms with Gasteiger partial charge in [-0.3, -0.25) is 0 Å². The van der Waals surface area contributed by atoms with Gasteiger partial charge in [0.2, 0.25) is 0 Å². The van der Waals surface area contributed by atoms with E-state index in [1.807, 2.05) is 30.3 Å². The van der Waals surface area contributed by atoms with Gasteiger partial charge in [0.15, 0.2) is 0 Å². The number of nitrogens with zero attached hydrogens (tertiary/aromatic N) is 1. The summed E-state index contributed by atoms with van der Waals surface area (Å²) in [7, 11) is 1.69. The molecule has 1 aromatic heterocycles. The second kappa shape index (κ2) is 7.10. The summed E-state index contributed by atoms with van der Waals surface area (Å²) in [6.07, 6.45) is 2.28. The SMILES string of the molecule is CCCC(CN)CNc1cc(OC)c2ccccc2n1. The van der Waals surface area contributed by atoms with Gasteiger partial charge in [-0.2, -0.15) is 0 Å². The zero-order valence-corrected chi connectivity index (χ0v) is 12.2. The average Bonchev–Trinajstić information content (AvgIpc) is 2.50. The van der Waals surface area contributed by atoms with Gasteiger partial charge < -0.3 is 15.8 Å². The largest absolute Gasteiger partial charge is 0.496 e. The van der Waals surface area contributed by atoms with Gasteiger partial charge in [-0.1, -0.05) is 25.5 Å². The minimum atomic E-state index is 0.485. The quantitative estimate of drug-likeness (QED) is 0.814. The van der Waals surface area contributed by atoms with Gasteiger partial charge in [-0.05, 0) is 31.0 Å². The van der Waals surface area contributed by atoms with Gasteiger partial charge in [0.25, 0.3) is 0 Å². The Bertz CT molecular complexity index is 556. The molecule has 1 atom stereocenters. The Morgan fingerprint density at radius 2 is 2.15 bits per heavy atom. The zero-order valence-electron chi connectivity index (χ0n) is 12.2. The Balaban J connectivity index is 2.18. The first kappa shape index (κ1) is 14.6. The molecule has 3 N–H and O–H groups in total. The van der Waals surface area contributed by atoms with Crippen LogP contribution in [0.2, 0.25) is 0 Å². The second-order valence-corrected chi connectivity index (χ2v) is 5.00. The summed E-state index contributed by atoms with van der Waals surface area (Å²) in [4.78, 5) is 4.62. The molecule has 20 heavy (non-hydrogen) atoms. The molecule has 0 aliphatic heterocycles. The molecule has 0 saturated heterocycles. The van der Waals surface area contributed by atoms with Crippen molar-refractivity contribution in [3.05, 3.63) is 30.3 Å². The number of hydrogen-bond acceptors (Lipinski definition) is 4. The number of fused-ring (bicyclic) bond motifs is 1. The first-order chi connectivity index (χ1) is 9.78. The fraction of sp³-hybridized carbons (Fsp3) is 0.438. The lowest BCUT2D eigenvalue weighted by atomic mass is 10.0. The van der Waals surface area contributed by atoms with Crippen LogP contribution in [-0.2, 0) is 0 Å². The summed E-state index contributed by atoms with van der Waals surface area (Å²) in [5, 5.41) is 4.41. The van der Waals surface area contributed by atoms with E-state index in [0.717, 1.165) is 41.9 Å². The number of para-hydroxylation sites is 1. The molecule has 4 heteroatoms. The van der Waals surface area contributed by atoms with Gasteiger partial charge in [0.05, 0.1) is 12.6 Å². The van der Waals surface area contributed by atoms with Crippen LogP contribution in [0.3, 0.4) is 0 Å². The number of rotatable bonds is 7. The van der Waals surface area contributed by atoms with Crippen molar-refractivity contribution >= 4 is 16.7 Å². The molecule has 4 nitrogen and oxygen atoms in total. The summed E-state index contributed by atoms with van der Waals surface area (Å²) in [5.74, 6) is 2.17. The molecule has 0 saturated carbocycles. The van der Waals surface area contributed by atoms with Crippen LogP contribution >= 0.6 is 0 Å². The molecule has 1 aromatic carbocycles. The van der Waals surface area contributed by atoms with Crippen LogP contribution < -0.4 is 15.8 Å². The van der Waals surface area contributed by atoms with Crippen molar-refractivity contribution in [2.45, 2.75) is 19.8 Å². The molecule has 0 fully saturated rings. The predicted octanol–water partition coefficient (Wildman–Crippen LogP) is 3.03. The Kier molecular flexibility index (Phi) is 5.18. The molecular formula is C16H23N3O. The molecule has 0 spiro atoms. The lowest BCUT2D eigenvalue weighted by molar-refractivity contribution is 0.419. The van der Waals surface area contributed by atoms with E-state index in [4.69, 9.17) is 10.5 Å². The number of ether oxygens (including phenoxy) is 1. The minimum Gasteiger partial charge on any atom is -0.496 e. The lowest BCUT2D eigenvalue weighted by Crippen LogP contribution is -2.23. The molecule has 2 aromatic rings. The number of aromatic nitrogens is 1. The standard InChI is InChI=1S/C16H23N3O/c1-3-6-12(10-17)11-18-16-9-15(20-2)13-7-4-5-8-14(13)19-16/h4-5,7-9,12H,3,6,10-11,17H2,1-2H3,(H,18,19). The Labute approximate surface area is 120 Å². The average molecular weight is 273 g/mol. The molecule has 0 aliphatic rings. The lowest BCUT2D eigenvalue weighted by Gasteiger charge is -2.16. The van der Waals surface area contributed by atoms with Gasteiger partial charge in [-0.15, -0.1) is 0 Å². The Morgan fingerprint density at radius 1 is 1.35 bits per heavy atom. The molecule has 1 unspecified atom stereocenters. The molecule has 2 rings (SSSR count). The third-order valence-corrected chi connectivity index (χ3v) is 3.50. The van der Waals surface area contributed by atoms with Crippen LogP contribution in [-0.4, -0.2) is 25.2 Å². The molecule has 108 valence electrons. The maximum atomic E-state index is 5.78. The number of methoxy groups -OCH3 is 1. The molecule has 0 aliphatic carbocycles. The number of anilines is 1. The summed E-state index contributed by atoms with van der Waals surface area (Å²) < 4.78 is 5.44. The van der Waals surface area contributed by atoms with E-state index in [-0.39, 0.29) is 0 Å². The number of pyridine rings is 1. The Morgan fingerprint density at radius 3 is 2.85 bits per heavy atom. The van der Waals surface area contributed by atoms with Crippen molar-refractivity contribution in [3.63, 3.8) is 0 Å². The monoisotopic (exact) mass is 273 g/mol. The fourth-order valence-electron chi connectivity index (χ4n) is 2.36. The van der Waals surface area contributed by atoms with E-state index >= 15 is 0 Å². The van der Waals surface area contributed by atoms with Crippen LogP contribution in [0.4, 0.5) is 5.82 Å². The molecule has 0 bridgehead atoms. The zero-order chi connectivity index (χ0) is 14.4. The van der Waals surface area contributed by atoms with Gasteiger partial charge >= 0.3 is 0 Å². The van der Waals surface area contributed by atoms with E-state index in [2.05, 4.69) is 17.2 Å². The van der Waals surface area contributed by atoms with Crippen LogP contribution in [0.5, 0.6) is 5.75 Å². The third kappa shape index (κ3) is 3.39. The molecule has 1 heterocycles. The van der Waals surface area contributed by atoms with E-state index in [0.29, 0.717) is 12.5 Å². The normalized spacial score (nSPS) is 12.3. The highest BCUT2D eigenvalue weighted by molar-refractivity contribution is 5.86. The molecule has 0 amide bonds. The van der Waals surface area contributed by atoms with Gasteiger partial charge in [0.1, 0.15) is 11.6 Å². The highest BCUT2D eigenvalue weighted by Crippen LogP contribution is 2.27. The summed E-state index contributed by atoms with van der Waals surface area (Å²) in [6.45, 7) is 3.73. The highest BCUT2D eigenvalue weighted by Gasteiger charge is 2.08. The van der Waals surface area contributed by atoms with E-state index in [1.54, 1.807) is 7.11 Å². The summed E-state index contributed by atoms with van der Waals surface area (Å²) in [5.41, 5.74) is 6.72. The molecule has 0 radical (unpaired) electrons. The second-order valence-electron chi connectivity index (χ2n) is 5.00. The van der Waals surface area contributed by atoms with Crippen molar-refractivity contribution in [1.82, 2.24) is 4.98 Å². The van der Waals surface area contributed by atoms with Crippen molar-refractivity contribution in [1.29, 1.82) is 0 Å². The topological polar surface area (TPSA) is 60.2 Å². The van der Waals surface area contributed by atoms with Gasteiger partial charge in [0, 0.05) is 18.0 Å². The van der Waals surface area contributed by atoms with Crippen molar-refractivity contribution in [2.75, 3.05) is 25.5 Å². The first-order valence-electron chi connectivity index (χ1n) is 7.16. The maximum absolute atomic E-state index is 5.78. The van der Waals surface area contributed by atoms with Crippen LogP contribution in [0, 0.1) is 5.92 Å². The van der Waals surface area contributed by atoms with E-state index in [9.17, 15) is 0 Å². The van der Waals surface area contributed by atoms with Crippen LogP contribution in [0.1, 0.15) is 19.8 Å². The number of benzene rings is 1. The van der Waals surface area contributed by atoms with Crippen molar-refractivity contribution < 1.29 is 4.74 Å². The van der Waals surface area contributed by atoms with Crippen molar-refractivity contribution in [3.8, 4) is 5.75 Å². The first-order valence-corrected chi connectivity index (χ1v) is 7.16. The van der Waals surface area contributed by atoms with Crippen LogP contribution in [0.15, 0.2) is 30.3 Å². The summed E-state index contributed by atoms with van der Waals surface area (Å²) >= 11 is 0. The minimum absolute atomic E-state index is 0.485. The highest BCUT2D eigenvalue weighted by atomic mass is 16.5. The Hall–Kier alpha value is -1.81. The van der Waals surface area contributed by atoms with Crippen LogP contribution in [0.25, 0.3) is 10.9 Å². The van der Waals surface area contributed by atoms with Gasteiger partial charge in [-0.25, -0.2) is 4.98 Å². The number of hydrogen-bond donors (Lipinski definition) is 2. The third-order valence-electron chi connectivity index (χ3n) is 3.50. The fourth-order valence-corrected chi connectivity index (χ4v) is 2.36. The van der Waals surface area contributed by atoms with Crippen molar-refractivity contribution in [2.24, 2.45) is 11.7 Å². The maximum Gasteiger partial charge on any atom is 0.131 e. The number of nitrogens with two attached hydrogens (primary N) is 1. The van der Waals surface area contributed by atoms with E-state index < -0.39 is 0 Å². The summed E-state index contributed by atoms with van der Waals surface area (Å²) in [6, 6.07) is 9.94. The van der Waals surface area contributed by atoms with E-state index in [1.165, 1.54) is 0 Å². The number of nitrogens with one attached hydrogen (secondary N) is 1. The smallest absolute Gasteiger partial charge is 0.131 e.